The number of hydrogen-bond acceptors (Lipinski definition) is 4. The fourth-order valence-corrected chi connectivity index (χ4v) is 1.82. The van der Waals surface area contributed by atoms with Gasteiger partial charge in [-0.1, -0.05) is 6.92 Å². The smallest absolute Gasteiger partial charge is 0.181 e. The van der Waals surface area contributed by atoms with E-state index in [1.807, 2.05) is 17.7 Å². The maximum atomic E-state index is 5.49. The first-order chi connectivity index (χ1) is 8.26. The molecule has 2 aromatic heterocycles. The fourth-order valence-electron chi connectivity index (χ4n) is 1.82. The molecule has 0 aliphatic rings. The lowest BCUT2D eigenvalue weighted by molar-refractivity contribution is 0.554. The number of nitrogens with zero attached hydrogens (tertiary/aromatic N) is 3. The Hall–Kier alpha value is -1.62. The van der Waals surface area contributed by atoms with Crippen molar-refractivity contribution in [2.75, 3.05) is 6.54 Å². The zero-order chi connectivity index (χ0) is 12.3. The van der Waals surface area contributed by atoms with Crippen LogP contribution < -0.4 is 5.32 Å². The zero-order valence-corrected chi connectivity index (χ0v) is 10.5. The van der Waals surface area contributed by atoms with Crippen molar-refractivity contribution in [3.8, 4) is 11.5 Å². The molecule has 0 atom stereocenters. The predicted molar refractivity (Wildman–Crippen MR) is 65.5 cm³/mol. The summed E-state index contributed by atoms with van der Waals surface area (Å²) in [7, 11) is 0. The molecule has 2 rings (SSSR count). The van der Waals surface area contributed by atoms with Crippen LogP contribution in [0.2, 0.25) is 0 Å². The standard InChI is InChI=1S/C12H18N4O/c1-4-13-7-10-12(17-8-14-10)11-6-9(3)15-16(11)5-2/h6,8,13H,4-5,7H2,1-3H3. The Morgan fingerprint density at radius 3 is 2.94 bits per heavy atom. The first-order valence-corrected chi connectivity index (χ1v) is 5.94. The van der Waals surface area contributed by atoms with Crippen LogP contribution in [0.4, 0.5) is 0 Å². The van der Waals surface area contributed by atoms with Gasteiger partial charge in [-0.2, -0.15) is 5.10 Å². The maximum Gasteiger partial charge on any atom is 0.181 e. The van der Waals surface area contributed by atoms with E-state index in [9.17, 15) is 0 Å². The Morgan fingerprint density at radius 2 is 2.24 bits per heavy atom. The number of nitrogens with one attached hydrogen (secondary N) is 1. The van der Waals surface area contributed by atoms with Gasteiger partial charge in [-0.25, -0.2) is 4.98 Å². The van der Waals surface area contributed by atoms with Crippen molar-refractivity contribution >= 4 is 0 Å². The molecule has 0 saturated carbocycles. The van der Waals surface area contributed by atoms with Crippen molar-refractivity contribution in [1.29, 1.82) is 0 Å². The van der Waals surface area contributed by atoms with Crippen LogP contribution in [0.5, 0.6) is 0 Å². The van der Waals surface area contributed by atoms with Gasteiger partial charge in [0.05, 0.1) is 5.69 Å². The minimum absolute atomic E-state index is 0.719. The van der Waals surface area contributed by atoms with Gasteiger partial charge in [0.1, 0.15) is 11.4 Å². The van der Waals surface area contributed by atoms with Gasteiger partial charge in [0.2, 0.25) is 0 Å². The number of oxazole rings is 1. The number of rotatable bonds is 5. The van der Waals surface area contributed by atoms with Crippen LogP contribution in [-0.2, 0) is 13.1 Å². The summed E-state index contributed by atoms with van der Waals surface area (Å²) >= 11 is 0. The summed E-state index contributed by atoms with van der Waals surface area (Å²) in [5.74, 6) is 0.813. The Balaban J connectivity index is 2.35. The fraction of sp³-hybridized carbons (Fsp3) is 0.500. The number of aromatic nitrogens is 3. The Labute approximate surface area is 101 Å². The van der Waals surface area contributed by atoms with Gasteiger partial charge < -0.3 is 9.73 Å². The van der Waals surface area contributed by atoms with Crippen molar-refractivity contribution in [1.82, 2.24) is 20.1 Å². The van der Waals surface area contributed by atoms with E-state index in [2.05, 4.69) is 29.2 Å². The van der Waals surface area contributed by atoms with E-state index in [0.717, 1.165) is 42.5 Å². The summed E-state index contributed by atoms with van der Waals surface area (Å²) in [6.07, 6.45) is 1.49. The van der Waals surface area contributed by atoms with Crippen LogP contribution in [0.1, 0.15) is 25.2 Å². The van der Waals surface area contributed by atoms with E-state index in [1.165, 1.54) is 6.39 Å². The summed E-state index contributed by atoms with van der Waals surface area (Å²) in [6, 6.07) is 2.03. The van der Waals surface area contributed by atoms with Crippen LogP contribution in [0, 0.1) is 6.92 Å². The van der Waals surface area contributed by atoms with Crippen molar-refractivity contribution in [2.45, 2.75) is 33.9 Å². The molecular formula is C12H18N4O. The van der Waals surface area contributed by atoms with Crippen molar-refractivity contribution in [3.63, 3.8) is 0 Å². The lowest BCUT2D eigenvalue weighted by atomic mass is 10.2. The quantitative estimate of drug-likeness (QED) is 0.859. The lowest BCUT2D eigenvalue weighted by Crippen LogP contribution is -2.13. The van der Waals surface area contributed by atoms with Crippen LogP contribution in [0.25, 0.3) is 11.5 Å². The third-order valence-electron chi connectivity index (χ3n) is 2.62. The van der Waals surface area contributed by atoms with Crippen molar-refractivity contribution in [3.05, 3.63) is 23.8 Å². The van der Waals surface area contributed by atoms with E-state index in [1.54, 1.807) is 0 Å². The van der Waals surface area contributed by atoms with Gasteiger partial charge in [0.15, 0.2) is 12.2 Å². The minimum Gasteiger partial charge on any atom is -0.442 e. The molecule has 0 amide bonds. The van der Waals surface area contributed by atoms with E-state index >= 15 is 0 Å². The average Bonchev–Trinajstić information content (AvgIpc) is 2.91. The predicted octanol–water partition coefficient (Wildman–Crippen LogP) is 1.98. The monoisotopic (exact) mass is 234 g/mol. The number of aryl methyl sites for hydroxylation is 2. The molecule has 0 unspecified atom stereocenters. The molecule has 0 radical (unpaired) electrons. The second-order valence-corrected chi connectivity index (χ2v) is 3.90. The van der Waals surface area contributed by atoms with E-state index in [-0.39, 0.29) is 0 Å². The molecule has 0 aliphatic heterocycles. The maximum absolute atomic E-state index is 5.49. The molecule has 1 N–H and O–H groups in total. The van der Waals surface area contributed by atoms with Gasteiger partial charge in [-0.3, -0.25) is 4.68 Å². The van der Waals surface area contributed by atoms with Crippen LogP contribution in [0.3, 0.4) is 0 Å². The molecule has 2 aromatic rings. The lowest BCUT2D eigenvalue weighted by Gasteiger charge is -2.04. The summed E-state index contributed by atoms with van der Waals surface area (Å²) < 4.78 is 7.43. The van der Waals surface area contributed by atoms with Gasteiger partial charge >= 0.3 is 0 Å². The van der Waals surface area contributed by atoms with Crippen LogP contribution in [-0.4, -0.2) is 21.3 Å². The van der Waals surface area contributed by atoms with E-state index < -0.39 is 0 Å². The zero-order valence-electron chi connectivity index (χ0n) is 10.5. The van der Waals surface area contributed by atoms with Crippen LogP contribution in [0.15, 0.2) is 16.9 Å². The summed E-state index contributed by atoms with van der Waals surface area (Å²) in [5.41, 5.74) is 2.92. The molecular weight excluding hydrogens is 216 g/mol. The highest BCUT2D eigenvalue weighted by Crippen LogP contribution is 2.24. The highest BCUT2D eigenvalue weighted by atomic mass is 16.3. The molecule has 17 heavy (non-hydrogen) atoms. The van der Waals surface area contributed by atoms with Crippen LogP contribution >= 0.6 is 0 Å². The molecule has 0 aliphatic carbocycles. The van der Waals surface area contributed by atoms with Gasteiger partial charge in [-0.05, 0) is 26.5 Å². The molecule has 0 aromatic carbocycles. The third-order valence-corrected chi connectivity index (χ3v) is 2.62. The highest BCUT2D eigenvalue weighted by molar-refractivity contribution is 5.55. The molecule has 0 fully saturated rings. The molecule has 0 saturated heterocycles. The molecule has 0 bridgehead atoms. The first kappa shape index (κ1) is 11.9. The molecule has 0 spiro atoms. The average molecular weight is 234 g/mol. The Bertz CT molecular complexity index is 486. The van der Waals surface area contributed by atoms with Crippen molar-refractivity contribution in [2.24, 2.45) is 0 Å². The summed E-state index contributed by atoms with van der Waals surface area (Å²) in [5, 5.41) is 7.67. The highest BCUT2D eigenvalue weighted by Gasteiger charge is 2.15. The van der Waals surface area contributed by atoms with E-state index in [4.69, 9.17) is 4.42 Å². The number of hydrogen-bond donors (Lipinski definition) is 1. The third kappa shape index (κ3) is 2.39. The van der Waals surface area contributed by atoms with Gasteiger partial charge in [0, 0.05) is 13.1 Å². The SMILES string of the molecule is CCNCc1ncoc1-c1cc(C)nn1CC. The first-order valence-electron chi connectivity index (χ1n) is 5.94. The molecule has 5 heteroatoms. The molecule has 92 valence electrons. The van der Waals surface area contributed by atoms with E-state index in [0.29, 0.717) is 0 Å². The van der Waals surface area contributed by atoms with Gasteiger partial charge in [0.25, 0.3) is 0 Å². The second-order valence-electron chi connectivity index (χ2n) is 3.90. The second kappa shape index (κ2) is 5.14. The molecule has 2 heterocycles. The largest absolute Gasteiger partial charge is 0.442 e. The summed E-state index contributed by atoms with van der Waals surface area (Å²) in [6.45, 7) is 8.58. The normalized spacial score (nSPS) is 11.0. The summed E-state index contributed by atoms with van der Waals surface area (Å²) in [4.78, 5) is 4.24. The van der Waals surface area contributed by atoms with Gasteiger partial charge in [-0.15, -0.1) is 0 Å². The minimum atomic E-state index is 0.719. The Morgan fingerprint density at radius 1 is 1.41 bits per heavy atom. The molecule has 5 nitrogen and oxygen atoms in total. The van der Waals surface area contributed by atoms with Crippen molar-refractivity contribution < 1.29 is 4.42 Å². The Kier molecular flexibility index (Phi) is 3.58. The topological polar surface area (TPSA) is 55.9 Å².